The normalized spacial score (nSPS) is 10.6. The molecule has 0 radical (unpaired) electrons. The molecule has 0 aromatic heterocycles. The molecule has 0 spiro atoms. The monoisotopic (exact) mass is 305 g/mol. The van der Waals surface area contributed by atoms with E-state index in [0.29, 0.717) is 36.0 Å². The van der Waals surface area contributed by atoms with E-state index in [2.05, 4.69) is 5.16 Å². The quantitative estimate of drug-likeness (QED) is 0.369. The second-order valence-electron chi connectivity index (χ2n) is 4.31. The zero-order chi connectivity index (χ0) is 15.8. The first-order valence-electron chi connectivity index (χ1n) is 6.59. The van der Waals surface area contributed by atoms with Crippen molar-refractivity contribution in [1.82, 2.24) is 0 Å². The third-order valence-electron chi connectivity index (χ3n) is 2.82. The predicted molar refractivity (Wildman–Crippen MR) is 79.8 cm³/mol. The molecule has 1 N–H and O–H groups in total. The Balaban J connectivity index is 1.87. The molecule has 116 valence electrons. The van der Waals surface area contributed by atoms with Gasteiger partial charge in [0, 0.05) is 5.56 Å². The third kappa shape index (κ3) is 4.37. The molecule has 2 rings (SSSR count). The molecule has 0 unspecified atom stereocenters. The largest absolute Gasteiger partial charge is 0.493 e. The Morgan fingerprint density at radius 3 is 2.45 bits per heavy atom. The molecular weight excluding hydrogens is 289 g/mol. The Bertz CT molecular complexity index is 629. The van der Waals surface area contributed by atoms with Gasteiger partial charge in [0.1, 0.15) is 24.8 Å². The molecule has 22 heavy (non-hydrogen) atoms. The van der Waals surface area contributed by atoms with Crippen LogP contribution in [0.5, 0.6) is 17.2 Å². The first-order valence-corrected chi connectivity index (χ1v) is 6.59. The second-order valence-corrected chi connectivity index (χ2v) is 4.31. The average Bonchev–Trinajstić information content (AvgIpc) is 2.54. The summed E-state index contributed by atoms with van der Waals surface area (Å²) >= 11 is 0. The summed E-state index contributed by atoms with van der Waals surface area (Å²) in [5.74, 6) is 1.35. The molecule has 0 aliphatic rings. The van der Waals surface area contributed by atoms with Gasteiger partial charge in [-0.25, -0.2) is 4.39 Å². The third-order valence-corrected chi connectivity index (χ3v) is 2.82. The van der Waals surface area contributed by atoms with Gasteiger partial charge in [0.2, 0.25) is 0 Å². The van der Waals surface area contributed by atoms with Crippen LogP contribution in [0, 0.1) is 5.82 Å². The minimum atomic E-state index is -0.306. The minimum Gasteiger partial charge on any atom is -0.493 e. The molecule has 0 fully saturated rings. The Morgan fingerprint density at radius 2 is 1.77 bits per heavy atom. The van der Waals surface area contributed by atoms with Crippen molar-refractivity contribution >= 4 is 6.21 Å². The lowest BCUT2D eigenvalue weighted by atomic mass is 10.2. The topological polar surface area (TPSA) is 60.3 Å². The number of nitrogens with zero attached hydrogens (tertiary/aromatic N) is 1. The maximum Gasteiger partial charge on any atom is 0.161 e. The van der Waals surface area contributed by atoms with Crippen molar-refractivity contribution in [3.05, 3.63) is 53.8 Å². The molecule has 0 amide bonds. The van der Waals surface area contributed by atoms with Crippen LogP contribution in [0.1, 0.15) is 5.56 Å². The van der Waals surface area contributed by atoms with Crippen molar-refractivity contribution in [3.8, 4) is 17.2 Å². The number of methoxy groups -OCH3 is 1. The fourth-order valence-corrected chi connectivity index (χ4v) is 1.79. The number of rotatable bonds is 7. The van der Waals surface area contributed by atoms with Crippen LogP contribution in [0.4, 0.5) is 4.39 Å². The van der Waals surface area contributed by atoms with E-state index in [1.807, 2.05) is 0 Å². The number of hydrogen-bond acceptors (Lipinski definition) is 5. The zero-order valence-corrected chi connectivity index (χ0v) is 12.0. The molecule has 2 aromatic rings. The van der Waals surface area contributed by atoms with Crippen LogP contribution in [0.2, 0.25) is 0 Å². The molecular formula is C16H16FNO4. The lowest BCUT2D eigenvalue weighted by molar-refractivity contribution is 0.211. The highest BCUT2D eigenvalue weighted by molar-refractivity contribution is 5.80. The predicted octanol–water partition coefficient (Wildman–Crippen LogP) is 3.10. The van der Waals surface area contributed by atoms with E-state index >= 15 is 0 Å². The van der Waals surface area contributed by atoms with Gasteiger partial charge in [0.05, 0.1) is 13.3 Å². The highest BCUT2D eigenvalue weighted by Crippen LogP contribution is 2.27. The number of halogens is 1. The number of hydrogen-bond donors (Lipinski definition) is 1. The molecule has 0 aliphatic carbocycles. The Hall–Kier alpha value is -2.76. The molecule has 6 heteroatoms. The fraction of sp³-hybridized carbons (Fsp3) is 0.188. The average molecular weight is 305 g/mol. The SMILES string of the molecule is COc1cc(/C=N/O)ccc1OCCOc1ccc(F)cc1. The maximum absolute atomic E-state index is 12.7. The minimum absolute atomic E-state index is 0.306. The molecule has 0 bridgehead atoms. The summed E-state index contributed by atoms with van der Waals surface area (Å²) in [4.78, 5) is 0. The van der Waals surface area contributed by atoms with Gasteiger partial charge in [-0.15, -0.1) is 0 Å². The molecule has 0 saturated carbocycles. The summed E-state index contributed by atoms with van der Waals surface area (Å²) in [5, 5.41) is 11.5. The van der Waals surface area contributed by atoms with E-state index in [1.165, 1.54) is 25.5 Å². The van der Waals surface area contributed by atoms with Gasteiger partial charge in [0.15, 0.2) is 11.5 Å². The van der Waals surface area contributed by atoms with Gasteiger partial charge >= 0.3 is 0 Å². The van der Waals surface area contributed by atoms with Gasteiger partial charge < -0.3 is 19.4 Å². The lowest BCUT2D eigenvalue weighted by Gasteiger charge is -2.12. The van der Waals surface area contributed by atoms with E-state index in [-0.39, 0.29) is 5.82 Å². The molecule has 0 saturated heterocycles. The summed E-state index contributed by atoms with van der Waals surface area (Å²) in [6.45, 7) is 0.621. The van der Waals surface area contributed by atoms with E-state index in [9.17, 15) is 4.39 Å². The van der Waals surface area contributed by atoms with Crippen molar-refractivity contribution < 1.29 is 23.8 Å². The smallest absolute Gasteiger partial charge is 0.161 e. The Kier molecular flexibility index (Phi) is 5.59. The van der Waals surface area contributed by atoms with Crippen molar-refractivity contribution in [2.24, 2.45) is 5.16 Å². The summed E-state index contributed by atoms with van der Waals surface area (Å²) < 4.78 is 29.0. The van der Waals surface area contributed by atoms with Gasteiger partial charge in [-0.2, -0.15) is 0 Å². The van der Waals surface area contributed by atoms with E-state index in [4.69, 9.17) is 19.4 Å². The van der Waals surface area contributed by atoms with Crippen molar-refractivity contribution in [2.45, 2.75) is 0 Å². The molecule has 5 nitrogen and oxygen atoms in total. The van der Waals surface area contributed by atoms with Gasteiger partial charge in [-0.3, -0.25) is 0 Å². The first-order chi connectivity index (χ1) is 10.7. The zero-order valence-electron chi connectivity index (χ0n) is 12.0. The van der Waals surface area contributed by atoms with Crippen LogP contribution in [0.25, 0.3) is 0 Å². The van der Waals surface area contributed by atoms with Crippen LogP contribution in [-0.2, 0) is 0 Å². The Labute approximate surface area is 127 Å². The van der Waals surface area contributed by atoms with Gasteiger partial charge in [0.25, 0.3) is 0 Å². The standard InChI is InChI=1S/C16H16FNO4/c1-20-16-10-12(11-18-19)2-7-15(16)22-9-8-21-14-5-3-13(17)4-6-14/h2-7,10-11,19H,8-9H2,1H3/b18-11+. The molecule has 2 aromatic carbocycles. The van der Waals surface area contributed by atoms with E-state index < -0.39 is 0 Å². The van der Waals surface area contributed by atoms with Gasteiger partial charge in [-0.1, -0.05) is 5.16 Å². The van der Waals surface area contributed by atoms with Crippen molar-refractivity contribution in [2.75, 3.05) is 20.3 Å². The van der Waals surface area contributed by atoms with Crippen LogP contribution < -0.4 is 14.2 Å². The maximum atomic E-state index is 12.7. The van der Waals surface area contributed by atoms with Gasteiger partial charge in [-0.05, 0) is 42.5 Å². The summed E-state index contributed by atoms with van der Waals surface area (Å²) in [6, 6.07) is 10.9. The number of oxime groups is 1. The van der Waals surface area contributed by atoms with Crippen molar-refractivity contribution in [1.29, 1.82) is 0 Å². The summed E-state index contributed by atoms with van der Waals surface area (Å²) in [6.07, 6.45) is 1.30. The van der Waals surface area contributed by atoms with Crippen molar-refractivity contribution in [3.63, 3.8) is 0 Å². The van der Waals surface area contributed by atoms with E-state index in [0.717, 1.165) is 0 Å². The number of benzene rings is 2. The second kappa shape index (κ2) is 7.87. The molecule has 0 heterocycles. The Morgan fingerprint density at radius 1 is 1.05 bits per heavy atom. The number of ether oxygens (including phenoxy) is 3. The van der Waals surface area contributed by atoms with Crippen LogP contribution >= 0.6 is 0 Å². The molecule has 0 atom stereocenters. The molecule has 0 aliphatic heterocycles. The summed E-state index contributed by atoms with van der Waals surface area (Å²) in [7, 11) is 1.52. The van der Waals surface area contributed by atoms with Crippen LogP contribution in [0.3, 0.4) is 0 Å². The first kappa shape index (κ1) is 15.6. The highest BCUT2D eigenvalue weighted by Gasteiger charge is 2.05. The van der Waals surface area contributed by atoms with Crippen LogP contribution in [-0.4, -0.2) is 31.7 Å². The van der Waals surface area contributed by atoms with E-state index in [1.54, 1.807) is 30.3 Å². The van der Waals surface area contributed by atoms with Crippen LogP contribution in [0.15, 0.2) is 47.6 Å². The fourth-order valence-electron chi connectivity index (χ4n) is 1.79. The lowest BCUT2D eigenvalue weighted by Crippen LogP contribution is -2.09. The summed E-state index contributed by atoms with van der Waals surface area (Å²) in [5.41, 5.74) is 0.689. The highest BCUT2D eigenvalue weighted by atomic mass is 19.1.